The van der Waals surface area contributed by atoms with Crippen molar-refractivity contribution in [3.8, 4) is 11.3 Å². The molecule has 170 valence electrons. The summed E-state index contributed by atoms with van der Waals surface area (Å²) in [6.07, 6.45) is 4.43. The zero-order valence-corrected chi connectivity index (χ0v) is 19.6. The van der Waals surface area contributed by atoms with Gasteiger partial charge in [-0.15, -0.1) is 0 Å². The molecule has 5 aromatic rings. The molecule has 0 saturated carbocycles. The van der Waals surface area contributed by atoms with E-state index < -0.39 is 6.04 Å². The molecular weight excluding hydrogens is 444 g/mol. The van der Waals surface area contributed by atoms with E-state index in [1.54, 1.807) is 0 Å². The maximum atomic E-state index is 13.7. The highest BCUT2D eigenvalue weighted by atomic mass is 35.5. The van der Waals surface area contributed by atoms with Crippen LogP contribution in [-0.2, 0) is 6.42 Å². The van der Waals surface area contributed by atoms with Gasteiger partial charge in [-0.2, -0.15) is 0 Å². The van der Waals surface area contributed by atoms with Crippen molar-refractivity contribution < 1.29 is 4.79 Å². The van der Waals surface area contributed by atoms with Crippen LogP contribution in [-0.4, -0.2) is 27.3 Å². The third kappa shape index (κ3) is 4.67. The SMILES string of the molecule is Cc1ncc(-c2ccc3c(C(=O)C(NCCc4ccc(Cl)cc4)c4ccccc4)c[nH]c3c2)[nH]1. The molecule has 5 rings (SSSR count). The zero-order valence-electron chi connectivity index (χ0n) is 18.8. The summed E-state index contributed by atoms with van der Waals surface area (Å²) >= 11 is 6.00. The Bertz CT molecular complexity index is 1420. The third-order valence-electron chi connectivity index (χ3n) is 6.03. The Hall–Kier alpha value is -3.67. The minimum Gasteiger partial charge on any atom is -0.360 e. The number of halogens is 1. The number of H-pyrrole nitrogens is 2. The summed E-state index contributed by atoms with van der Waals surface area (Å²) in [6, 6.07) is 23.3. The molecule has 0 amide bonds. The monoisotopic (exact) mass is 468 g/mol. The van der Waals surface area contributed by atoms with Crippen molar-refractivity contribution >= 4 is 28.3 Å². The predicted molar refractivity (Wildman–Crippen MR) is 137 cm³/mol. The molecule has 3 N–H and O–H groups in total. The molecule has 0 saturated heterocycles. The van der Waals surface area contributed by atoms with E-state index in [0.717, 1.165) is 45.0 Å². The number of carbonyl (C=O) groups is 1. The Morgan fingerprint density at radius 2 is 1.85 bits per heavy atom. The van der Waals surface area contributed by atoms with Crippen LogP contribution in [0.1, 0.15) is 33.4 Å². The number of imidazole rings is 1. The molecule has 0 aliphatic carbocycles. The van der Waals surface area contributed by atoms with E-state index in [1.165, 1.54) is 5.56 Å². The average molecular weight is 469 g/mol. The first-order chi connectivity index (χ1) is 16.6. The molecule has 0 spiro atoms. The van der Waals surface area contributed by atoms with Crippen LogP contribution in [0, 0.1) is 6.92 Å². The number of aromatic nitrogens is 3. The number of ketones is 1. The number of nitrogens with one attached hydrogen (secondary N) is 3. The second kappa shape index (κ2) is 9.67. The van der Waals surface area contributed by atoms with Gasteiger partial charge in [0.1, 0.15) is 5.82 Å². The summed E-state index contributed by atoms with van der Waals surface area (Å²) in [4.78, 5) is 24.6. The third-order valence-corrected chi connectivity index (χ3v) is 6.28. The highest BCUT2D eigenvalue weighted by Gasteiger charge is 2.24. The first-order valence-corrected chi connectivity index (χ1v) is 11.7. The molecule has 5 nitrogen and oxygen atoms in total. The lowest BCUT2D eigenvalue weighted by atomic mass is 9.96. The molecule has 0 bridgehead atoms. The smallest absolute Gasteiger partial charge is 0.186 e. The standard InChI is InChI=1S/C28H25ClN4O/c1-18-31-17-26(33-18)21-9-12-23-24(16-32-25(23)15-21)28(34)27(20-5-3-2-4-6-20)30-14-13-19-7-10-22(29)11-8-19/h2-12,15-17,27,30,32H,13-14H2,1H3,(H,31,33). The minimum absolute atomic E-state index is 0.0405. The second-order valence-corrected chi connectivity index (χ2v) is 8.82. The number of hydrogen-bond acceptors (Lipinski definition) is 3. The van der Waals surface area contributed by atoms with E-state index in [-0.39, 0.29) is 5.78 Å². The van der Waals surface area contributed by atoms with Gasteiger partial charge in [-0.05, 0) is 42.7 Å². The van der Waals surface area contributed by atoms with Gasteiger partial charge in [0.05, 0.1) is 17.9 Å². The molecule has 2 heterocycles. The lowest BCUT2D eigenvalue weighted by Gasteiger charge is -2.18. The van der Waals surface area contributed by atoms with Crippen LogP contribution in [0.3, 0.4) is 0 Å². The fourth-order valence-electron chi connectivity index (χ4n) is 4.24. The molecule has 6 heteroatoms. The Balaban J connectivity index is 1.40. The second-order valence-electron chi connectivity index (χ2n) is 8.38. The molecule has 1 unspecified atom stereocenters. The normalized spacial score (nSPS) is 12.2. The Morgan fingerprint density at radius 1 is 1.06 bits per heavy atom. The molecule has 0 radical (unpaired) electrons. The summed E-state index contributed by atoms with van der Waals surface area (Å²) in [5, 5.41) is 5.11. The molecule has 34 heavy (non-hydrogen) atoms. The summed E-state index contributed by atoms with van der Waals surface area (Å²) in [5.41, 5.74) is 5.69. The van der Waals surface area contributed by atoms with E-state index in [4.69, 9.17) is 11.6 Å². The number of Topliss-reactive ketones (excluding diaryl/α,β-unsaturated/α-hetero) is 1. The van der Waals surface area contributed by atoms with E-state index in [0.29, 0.717) is 12.1 Å². The first-order valence-electron chi connectivity index (χ1n) is 11.3. The van der Waals surface area contributed by atoms with Crippen LogP contribution >= 0.6 is 11.6 Å². The van der Waals surface area contributed by atoms with Gasteiger partial charge < -0.3 is 15.3 Å². The van der Waals surface area contributed by atoms with E-state index in [9.17, 15) is 4.79 Å². The highest BCUT2D eigenvalue weighted by molar-refractivity contribution is 6.30. The summed E-state index contributed by atoms with van der Waals surface area (Å²) in [6.45, 7) is 2.59. The van der Waals surface area contributed by atoms with Crippen molar-refractivity contribution in [3.05, 3.63) is 113 Å². The van der Waals surface area contributed by atoms with E-state index >= 15 is 0 Å². The molecule has 0 fully saturated rings. The maximum Gasteiger partial charge on any atom is 0.186 e. The van der Waals surface area contributed by atoms with Crippen molar-refractivity contribution in [3.63, 3.8) is 0 Å². The van der Waals surface area contributed by atoms with Gasteiger partial charge >= 0.3 is 0 Å². The van der Waals surface area contributed by atoms with Crippen molar-refractivity contribution in [1.82, 2.24) is 20.3 Å². The first kappa shape index (κ1) is 22.1. The Kier molecular flexibility index (Phi) is 6.30. The molecule has 0 aliphatic rings. The summed E-state index contributed by atoms with van der Waals surface area (Å²) < 4.78 is 0. The number of benzene rings is 3. The van der Waals surface area contributed by atoms with Crippen LogP contribution in [0.5, 0.6) is 0 Å². The number of carbonyl (C=O) groups excluding carboxylic acids is 1. The quantitative estimate of drug-likeness (QED) is 0.235. The van der Waals surface area contributed by atoms with Gasteiger partial charge in [-0.3, -0.25) is 4.79 Å². The van der Waals surface area contributed by atoms with Gasteiger partial charge in [-0.1, -0.05) is 66.2 Å². The fourth-order valence-corrected chi connectivity index (χ4v) is 4.37. The number of aromatic amines is 2. The molecule has 3 aromatic carbocycles. The van der Waals surface area contributed by atoms with E-state index in [2.05, 4.69) is 20.3 Å². The number of aryl methyl sites for hydroxylation is 1. The Morgan fingerprint density at radius 3 is 2.59 bits per heavy atom. The topological polar surface area (TPSA) is 73.6 Å². The van der Waals surface area contributed by atoms with Gasteiger partial charge in [0.2, 0.25) is 0 Å². The van der Waals surface area contributed by atoms with Crippen LogP contribution in [0.25, 0.3) is 22.2 Å². The number of rotatable bonds is 8. The molecule has 2 aromatic heterocycles. The van der Waals surface area contributed by atoms with Crippen molar-refractivity contribution in [1.29, 1.82) is 0 Å². The predicted octanol–water partition coefficient (Wildman–Crippen LogP) is 6.28. The minimum atomic E-state index is -0.442. The lowest BCUT2D eigenvalue weighted by Crippen LogP contribution is -2.30. The average Bonchev–Trinajstić information content (AvgIpc) is 3.49. The number of hydrogen-bond donors (Lipinski definition) is 3. The fraction of sp³-hybridized carbons (Fsp3) is 0.143. The zero-order chi connectivity index (χ0) is 23.5. The highest BCUT2D eigenvalue weighted by Crippen LogP contribution is 2.28. The van der Waals surface area contributed by atoms with Gasteiger partial charge in [-0.25, -0.2) is 4.98 Å². The molecular formula is C28H25ClN4O. The lowest BCUT2D eigenvalue weighted by molar-refractivity contribution is 0.0945. The molecule has 0 aliphatic heterocycles. The number of nitrogens with zero attached hydrogens (tertiary/aromatic N) is 1. The van der Waals surface area contributed by atoms with Crippen molar-refractivity contribution in [2.24, 2.45) is 0 Å². The van der Waals surface area contributed by atoms with Crippen molar-refractivity contribution in [2.45, 2.75) is 19.4 Å². The van der Waals surface area contributed by atoms with E-state index in [1.807, 2.05) is 92.1 Å². The summed E-state index contributed by atoms with van der Waals surface area (Å²) in [5.74, 6) is 0.909. The molecule has 1 atom stereocenters. The summed E-state index contributed by atoms with van der Waals surface area (Å²) in [7, 11) is 0. The van der Waals surface area contributed by atoms with Crippen LogP contribution in [0.15, 0.2) is 85.2 Å². The van der Waals surface area contributed by atoms with Crippen LogP contribution in [0.2, 0.25) is 5.02 Å². The largest absolute Gasteiger partial charge is 0.360 e. The van der Waals surface area contributed by atoms with Crippen LogP contribution < -0.4 is 5.32 Å². The Labute approximate surface area is 203 Å². The number of fused-ring (bicyclic) bond motifs is 1. The van der Waals surface area contributed by atoms with Gasteiger partial charge in [0, 0.05) is 39.8 Å². The maximum absolute atomic E-state index is 13.7. The van der Waals surface area contributed by atoms with Crippen molar-refractivity contribution in [2.75, 3.05) is 6.54 Å². The van der Waals surface area contributed by atoms with Gasteiger partial charge in [0.25, 0.3) is 0 Å². The van der Waals surface area contributed by atoms with Gasteiger partial charge in [0.15, 0.2) is 5.78 Å². The van der Waals surface area contributed by atoms with Crippen LogP contribution in [0.4, 0.5) is 0 Å².